The fourth-order valence-corrected chi connectivity index (χ4v) is 1.82. The van der Waals surface area contributed by atoms with Gasteiger partial charge in [0.15, 0.2) is 5.82 Å². The van der Waals surface area contributed by atoms with Gasteiger partial charge in [0.25, 0.3) is 5.91 Å². The highest BCUT2D eigenvalue weighted by Crippen LogP contribution is 2.34. The van der Waals surface area contributed by atoms with Crippen molar-refractivity contribution in [2.45, 2.75) is 26.1 Å². The summed E-state index contributed by atoms with van der Waals surface area (Å²) in [6, 6.07) is 3.15. The monoisotopic (exact) mass is 328 g/mol. The quantitative estimate of drug-likeness (QED) is 0.904. The predicted molar refractivity (Wildman–Crippen MR) is 76.7 cm³/mol. The number of alkyl halides is 3. The molecule has 2 aromatic rings. The summed E-state index contributed by atoms with van der Waals surface area (Å²) in [6.45, 7) is 3.12. The number of aryl methyl sites for hydroxylation is 1. The van der Waals surface area contributed by atoms with Gasteiger partial charge in [0, 0.05) is 18.4 Å². The van der Waals surface area contributed by atoms with Crippen LogP contribution in [0.5, 0.6) is 0 Å². The van der Waals surface area contributed by atoms with Crippen LogP contribution in [0.3, 0.4) is 0 Å². The van der Waals surface area contributed by atoms with Crippen LogP contribution in [0.4, 0.5) is 18.9 Å². The predicted octanol–water partition coefficient (Wildman–Crippen LogP) is 2.77. The third kappa shape index (κ3) is 4.07. The number of nitrogens with one attached hydrogen (secondary N) is 2. The van der Waals surface area contributed by atoms with E-state index in [1.807, 2.05) is 0 Å². The molecule has 0 fully saturated rings. The molecule has 1 aromatic heterocycles. The second-order valence-electron chi connectivity index (χ2n) is 4.91. The molecule has 0 saturated heterocycles. The molecule has 1 aromatic carbocycles. The summed E-state index contributed by atoms with van der Waals surface area (Å²) in [7, 11) is 1.33. The maximum absolute atomic E-state index is 13.0. The lowest BCUT2D eigenvalue weighted by atomic mass is 10.1. The highest BCUT2D eigenvalue weighted by molar-refractivity contribution is 5.94. The lowest BCUT2D eigenvalue weighted by Gasteiger charge is -2.14. The molecule has 0 spiro atoms. The Morgan fingerprint density at radius 3 is 2.57 bits per heavy atom. The Morgan fingerprint density at radius 1 is 1.35 bits per heavy atom. The number of carbonyl (C=O) groups excluding carboxylic acids is 1. The number of carbonyl (C=O) groups is 1. The zero-order valence-electron chi connectivity index (χ0n) is 12.7. The number of hydrogen-bond donors (Lipinski definition) is 2. The summed E-state index contributed by atoms with van der Waals surface area (Å²) in [5.74, 6) is 0.0313. The van der Waals surface area contributed by atoms with Crippen molar-refractivity contribution in [3.05, 3.63) is 29.6 Å². The van der Waals surface area contributed by atoms with Crippen molar-refractivity contribution in [2.24, 2.45) is 0 Å². The van der Waals surface area contributed by atoms with Crippen LogP contribution in [0.15, 0.2) is 18.2 Å². The SMILES string of the molecule is COC(C)C(=O)Nc1cc(-c2n[nH]c(C)n2)cc(C(F)(F)F)c1. The van der Waals surface area contributed by atoms with Crippen LogP contribution < -0.4 is 5.32 Å². The Hall–Kier alpha value is -2.42. The minimum atomic E-state index is -4.56. The second kappa shape index (κ2) is 6.37. The van der Waals surface area contributed by atoms with E-state index in [4.69, 9.17) is 4.74 Å². The number of nitrogens with zero attached hydrogens (tertiary/aromatic N) is 2. The molecule has 6 nitrogen and oxygen atoms in total. The van der Waals surface area contributed by atoms with Crippen LogP contribution in [0, 0.1) is 6.92 Å². The summed E-state index contributed by atoms with van der Waals surface area (Å²) in [4.78, 5) is 15.8. The van der Waals surface area contributed by atoms with Crippen LogP contribution in [0.1, 0.15) is 18.3 Å². The molecule has 124 valence electrons. The Morgan fingerprint density at radius 2 is 2.04 bits per heavy atom. The molecule has 0 bridgehead atoms. The van der Waals surface area contributed by atoms with E-state index in [2.05, 4.69) is 20.5 Å². The number of rotatable bonds is 4. The van der Waals surface area contributed by atoms with E-state index >= 15 is 0 Å². The Bertz CT molecular complexity index is 712. The largest absolute Gasteiger partial charge is 0.416 e. The maximum atomic E-state index is 13.0. The van der Waals surface area contributed by atoms with E-state index in [1.54, 1.807) is 6.92 Å². The van der Waals surface area contributed by atoms with E-state index in [1.165, 1.54) is 20.1 Å². The molecule has 2 N–H and O–H groups in total. The number of amides is 1. The highest BCUT2D eigenvalue weighted by atomic mass is 19.4. The van der Waals surface area contributed by atoms with Gasteiger partial charge >= 0.3 is 6.18 Å². The van der Waals surface area contributed by atoms with Gasteiger partial charge in [-0.15, -0.1) is 0 Å². The minimum Gasteiger partial charge on any atom is -0.372 e. The molecule has 2 rings (SSSR count). The van der Waals surface area contributed by atoms with Gasteiger partial charge < -0.3 is 10.1 Å². The Labute approximate surface area is 130 Å². The van der Waals surface area contributed by atoms with Gasteiger partial charge in [-0.05, 0) is 32.0 Å². The zero-order chi connectivity index (χ0) is 17.2. The maximum Gasteiger partial charge on any atom is 0.416 e. The molecule has 0 aliphatic heterocycles. The molecule has 0 aliphatic rings. The van der Waals surface area contributed by atoms with Crippen LogP contribution in [0.25, 0.3) is 11.4 Å². The van der Waals surface area contributed by atoms with Gasteiger partial charge in [-0.3, -0.25) is 9.89 Å². The summed E-state index contributed by atoms with van der Waals surface area (Å²) < 4.78 is 44.0. The molecule has 23 heavy (non-hydrogen) atoms. The number of methoxy groups -OCH3 is 1. The van der Waals surface area contributed by atoms with Crippen LogP contribution in [0.2, 0.25) is 0 Å². The average molecular weight is 328 g/mol. The van der Waals surface area contributed by atoms with Crippen LogP contribution in [-0.4, -0.2) is 34.3 Å². The molecule has 0 aliphatic carbocycles. The average Bonchev–Trinajstić information content (AvgIpc) is 2.91. The summed E-state index contributed by atoms with van der Waals surface area (Å²) in [5.41, 5.74) is -0.770. The van der Waals surface area contributed by atoms with E-state index in [9.17, 15) is 18.0 Å². The van der Waals surface area contributed by atoms with Gasteiger partial charge in [-0.1, -0.05) is 0 Å². The van der Waals surface area contributed by atoms with Gasteiger partial charge in [0.2, 0.25) is 0 Å². The molecule has 0 radical (unpaired) electrons. The van der Waals surface area contributed by atoms with Crippen molar-refractivity contribution in [1.29, 1.82) is 0 Å². The zero-order valence-corrected chi connectivity index (χ0v) is 12.7. The lowest BCUT2D eigenvalue weighted by Crippen LogP contribution is -2.26. The Kier molecular flexibility index (Phi) is 4.69. The van der Waals surface area contributed by atoms with Crippen molar-refractivity contribution in [2.75, 3.05) is 12.4 Å². The standard InChI is InChI=1S/C14H15F3N4O2/c1-7(23-3)13(22)19-11-5-9(12-18-8(2)20-21-12)4-10(6-11)14(15,16)17/h4-7H,1-3H3,(H,19,22)(H,18,20,21). The number of ether oxygens (including phenoxy) is 1. The fourth-order valence-electron chi connectivity index (χ4n) is 1.82. The van der Waals surface area contributed by atoms with Gasteiger partial charge in [0.05, 0.1) is 5.56 Å². The molecular formula is C14H15F3N4O2. The normalized spacial score (nSPS) is 13.0. The number of hydrogen-bond acceptors (Lipinski definition) is 4. The van der Waals surface area contributed by atoms with Crippen molar-refractivity contribution >= 4 is 11.6 Å². The lowest BCUT2D eigenvalue weighted by molar-refractivity contribution is -0.137. The van der Waals surface area contributed by atoms with Crippen LogP contribution >= 0.6 is 0 Å². The third-order valence-electron chi connectivity index (χ3n) is 3.11. The van der Waals surface area contributed by atoms with E-state index < -0.39 is 23.8 Å². The van der Waals surface area contributed by atoms with Crippen molar-refractivity contribution in [3.63, 3.8) is 0 Å². The van der Waals surface area contributed by atoms with Crippen molar-refractivity contribution < 1.29 is 22.7 Å². The van der Waals surface area contributed by atoms with Crippen molar-refractivity contribution in [3.8, 4) is 11.4 Å². The fraction of sp³-hybridized carbons (Fsp3) is 0.357. The minimum absolute atomic E-state index is 0.00817. The summed E-state index contributed by atoms with van der Waals surface area (Å²) in [6.07, 6.45) is -5.35. The highest BCUT2D eigenvalue weighted by Gasteiger charge is 2.32. The first-order valence-corrected chi connectivity index (χ1v) is 6.66. The number of H-pyrrole nitrogens is 1. The van der Waals surface area contributed by atoms with Crippen LogP contribution in [-0.2, 0) is 15.7 Å². The van der Waals surface area contributed by atoms with E-state index in [0.29, 0.717) is 5.82 Å². The van der Waals surface area contributed by atoms with E-state index in [-0.39, 0.29) is 17.1 Å². The number of halogens is 3. The summed E-state index contributed by atoms with van der Waals surface area (Å²) >= 11 is 0. The molecule has 1 unspecified atom stereocenters. The number of benzene rings is 1. The van der Waals surface area contributed by atoms with Gasteiger partial charge in [-0.2, -0.15) is 18.3 Å². The smallest absolute Gasteiger partial charge is 0.372 e. The first-order valence-electron chi connectivity index (χ1n) is 6.66. The molecule has 1 atom stereocenters. The summed E-state index contributed by atoms with van der Waals surface area (Å²) in [5, 5.41) is 8.80. The first-order chi connectivity index (χ1) is 10.7. The topological polar surface area (TPSA) is 79.9 Å². The Balaban J connectivity index is 2.44. The molecular weight excluding hydrogens is 313 g/mol. The van der Waals surface area contributed by atoms with Gasteiger partial charge in [0.1, 0.15) is 11.9 Å². The molecule has 9 heteroatoms. The molecule has 1 amide bonds. The molecule has 0 saturated carbocycles. The van der Waals surface area contributed by atoms with Gasteiger partial charge in [-0.25, -0.2) is 4.98 Å². The first kappa shape index (κ1) is 16.9. The third-order valence-corrected chi connectivity index (χ3v) is 3.11. The van der Waals surface area contributed by atoms with Crippen molar-refractivity contribution in [1.82, 2.24) is 15.2 Å². The molecule has 1 heterocycles. The number of aromatic nitrogens is 3. The second-order valence-corrected chi connectivity index (χ2v) is 4.91. The number of anilines is 1. The van der Waals surface area contributed by atoms with E-state index in [0.717, 1.165) is 12.1 Å². The number of aromatic amines is 1.